The molecular formula is C10H12ClNO3. The summed E-state index contributed by atoms with van der Waals surface area (Å²) in [5, 5.41) is 9.87. The van der Waals surface area contributed by atoms with E-state index >= 15 is 0 Å². The van der Waals surface area contributed by atoms with Gasteiger partial charge in [0.05, 0.1) is 12.1 Å². The highest BCUT2D eigenvalue weighted by Crippen LogP contribution is 2.38. The summed E-state index contributed by atoms with van der Waals surface area (Å²) < 4.78 is 10.4. The van der Waals surface area contributed by atoms with E-state index in [4.69, 9.17) is 26.8 Å². The lowest BCUT2D eigenvalue weighted by molar-refractivity contribution is 0.164. The van der Waals surface area contributed by atoms with Crippen molar-refractivity contribution in [2.75, 3.05) is 6.79 Å². The summed E-state index contributed by atoms with van der Waals surface area (Å²) in [5.74, 6) is 1.23. The summed E-state index contributed by atoms with van der Waals surface area (Å²) in [6.07, 6.45) is -0.664. The van der Waals surface area contributed by atoms with Crippen molar-refractivity contribution in [3.63, 3.8) is 0 Å². The number of rotatable bonds is 2. The van der Waals surface area contributed by atoms with Gasteiger partial charge < -0.3 is 20.3 Å². The standard InChI is InChI=1S/C10H12ClNO3/c1-5(13)10(12)6-2-8-9(3-7(6)11)15-4-14-8/h2-3,5,10,13H,4,12H2,1H3/t5-,10-/m0/s1. The minimum Gasteiger partial charge on any atom is -0.454 e. The van der Waals surface area contributed by atoms with E-state index in [2.05, 4.69) is 0 Å². The molecule has 0 saturated heterocycles. The third-order valence-corrected chi connectivity index (χ3v) is 2.70. The second-order valence-corrected chi connectivity index (χ2v) is 3.90. The van der Waals surface area contributed by atoms with Crippen LogP contribution in [0, 0.1) is 0 Å². The number of aliphatic hydroxyl groups excluding tert-OH is 1. The largest absolute Gasteiger partial charge is 0.454 e. The van der Waals surface area contributed by atoms with Crippen LogP contribution in [0.1, 0.15) is 18.5 Å². The maximum atomic E-state index is 9.39. The molecule has 0 amide bonds. The number of halogens is 1. The van der Waals surface area contributed by atoms with E-state index in [1.807, 2.05) is 0 Å². The third-order valence-electron chi connectivity index (χ3n) is 2.37. The normalized spacial score (nSPS) is 17.6. The van der Waals surface area contributed by atoms with Crippen molar-refractivity contribution < 1.29 is 14.6 Å². The van der Waals surface area contributed by atoms with E-state index in [9.17, 15) is 5.11 Å². The van der Waals surface area contributed by atoms with Crippen LogP contribution in [0.5, 0.6) is 11.5 Å². The first-order valence-corrected chi connectivity index (χ1v) is 5.00. The van der Waals surface area contributed by atoms with Gasteiger partial charge in [0.1, 0.15) is 0 Å². The van der Waals surface area contributed by atoms with Gasteiger partial charge in [0.15, 0.2) is 11.5 Å². The average Bonchev–Trinajstić information content (AvgIpc) is 2.62. The zero-order valence-electron chi connectivity index (χ0n) is 8.24. The molecule has 0 saturated carbocycles. The maximum Gasteiger partial charge on any atom is 0.231 e. The molecule has 0 spiro atoms. The Bertz CT molecular complexity index is 381. The molecule has 4 nitrogen and oxygen atoms in total. The van der Waals surface area contributed by atoms with E-state index in [0.717, 1.165) is 0 Å². The van der Waals surface area contributed by atoms with Crippen LogP contribution in [0.25, 0.3) is 0 Å². The van der Waals surface area contributed by atoms with E-state index < -0.39 is 12.1 Å². The fraction of sp³-hybridized carbons (Fsp3) is 0.400. The molecule has 82 valence electrons. The Labute approximate surface area is 92.5 Å². The first-order valence-electron chi connectivity index (χ1n) is 4.62. The summed E-state index contributed by atoms with van der Waals surface area (Å²) in [4.78, 5) is 0. The summed E-state index contributed by atoms with van der Waals surface area (Å²) >= 11 is 6.02. The molecule has 0 aliphatic carbocycles. The fourth-order valence-electron chi connectivity index (χ4n) is 1.45. The smallest absolute Gasteiger partial charge is 0.231 e. The molecule has 0 unspecified atom stereocenters. The molecule has 0 bridgehead atoms. The topological polar surface area (TPSA) is 64.7 Å². The second-order valence-electron chi connectivity index (χ2n) is 3.49. The van der Waals surface area contributed by atoms with Crippen LogP contribution >= 0.6 is 11.6 Å². The first-order chi connectivity index (χ1) is 7.09. The highest BCUT2D eigenvalue weighted by molar-refractivity contribution is 6.31. The molecule has 3 N–H and O–H groups in total. The van der Waals surface area contributed by atoms with E-state index in [-0.39, 0.29) is 6.79 Å². The highest BCUT2D eigenvalue weighted by atomic mass is 35.5. The van der Waals surface area contributed by atoms with Gasteiger partial charge in [-0.25, -0.2) is 0 Å². The molecule has 15 heavy (non-hydrogen) atoms. The summed E-state index contributed by atoms with van der Waals surface area (Å²) in [6.45, 7) is 1.81. The summed E-state index contributed by atoms with van der Waals surface area (Å²) in [5.41, 5.74) is 6.46. The number of hydrogen-bond acceptors (Lipinski definition) is 4. The van der Waals surface area contributed by atoms with Gasteiger partial charge in [0.2, 0.25) is 6.79 Å². The Hall–Kier alpha value is -0.970. The summed E-state index contributed by atoms with van der Waals surface area (Å²) in [6, 6.07) is 2.84. The predicted octanol–water partition coefficient (Wildman–Crippen LogP) is 1.45. The van der Waals surface area contributed by atoms with Gasteiger partial charge in [-0.1, -0.05) is 11.6 Å². The molecule has 1 aliphatic heterocycles. The molecule has 2 rings (SSSR count). The van der Waals surface area contributed by atoms with Gasteiger partial charge in [-0.3, -0.25) is 0 Å². The molecule has 0 aromatic heterocycles. The average molecular weight is 230 g/mol. The number of fused-ring (bicyclic) bond motifs is 1. The van der Waals surface area contributed by atoms with Crippen LogP contribution in [0.3, 0.4) is 0 Å². The zero-order chi connectivity index (χ0) is 11.0. The number of benzene rings is 1. The molecule has 2 atom stereocenters. The zero-order valence-corrected chi connectivity index (χ0v) is 8.99. The molecular weight excluding hydrogens is 218 g/mol. The van der Waals surface area contributed by atoms with Crippen LogP contribution in [-0.2, 0) is 0 Å². The Morgan fingerprint density at radius 3 is 2.60 bits per heavy atom. The lowest BCUT2D eigenvalue weighted by Crippen LogP contribution is -2.23. The molecule has 1 heterocycles. The first kappa shape index (κ1) is 10.5. The van der Waals surface area contributed by atoms with Crippen LogP contribution < -0.4 is 15.2 Å². The van der Waals surface area contributed by atoms with Gasteiger partial charge in [-0.15, -0.1) is 0 Å². The van der Waals surface area contributed by atoms with Gasteiger partial charge in [-0.05, 0) is 18.6 Å². The van der Waals surface area contributed by atoms with Crippen LogP contribution in [-0.4, -0.2) is 18.0 Å². The summed E-state index contributed by atoms with van der Waals surface area (Å²) in [7, 11) is 0. The predicted molar refractivity (Wildman–Crippen MR) is 56.2 cm³/mol. The fourth-order valence-corrected chi connectivity index (χ4v) is 1.73. The number of nitrogens with two attached hydrogens (primary N) is 1. The Balaban J connectivity index is 2.40. The van der Waals surface area contributed by atoms with Crippen molar-refractivity contribution >= 4 is 11.6 Å². The molecule has 5 heteroatoms. The van der Waals surface area contributed by atoms with E-state index in [1.165, 1.54) is 0 Å². The van der Waals surface area contributed by atoms with Gasteiger partial charge in [0, 0.05) is 11.1 Å². The van der Waals surface area contributed by atoms with Crippen LogP contribution in [0.4, 0.5) is 0 Å². The van der Waals surface area contributed by atoms with Crippen molar-refractivity contribution in [1.29, 1.82) is 0 Å². The molecule has 0 radical (unpaired) electrons. The number of hydrogen-bond donors (Lipinski definition) is 2. The Kier molecular flexibility index (Phi) is 2.73. The monoisotopic (exact) mass is 229 g/mol. The Morgan fingerprint density at radius 2 is 2.00 bits per heavy atom. The molecule has 1 aromatic rings. The maximum absolute atomic E-state index is 9.39. The van der Waals surface area contributed by atoms with Gasteiger partial charge in [0.25, 0.3) is 0 Å². The van der Waals surface area contributed by atoms with Crippen LogP contribution in [0.2, 0.25) is 5.02 Å². The van der Waals surface area contributed by atoms with Crippen molar-refractivity contribution in [2.45, 2.75) is 19.1 Å². The minimum absolute atomic E-state index is 0.193. The lowest BCUT2D eigenvalue weighted by Gasteiger charge is -2.16. The van der Waals surface area contributed by atoms with E-state index in [1.54, 1.807) is 19.1 Å². The number of ether oxygens (including phenoxy) is 2. The van der Waals surface area contributed by atoms with E-state index in [0.29, 0.717) is 22.1 Å². The minimum atomic E-state index is -0.664. The van der Waals surface area contributed by atoms with Crippen molar-refractivity contribution in [2.24, 2.45) is 5.73 Å². The highest BCUT2D eigenvalue weighted by Gasteiger charge is 2.21. The second kappa shape index (κ2) is 3.89. The molecule has 1 aliphatic rings. The van der Waals surface area contributed by atoms with Crippen molar-refractivity contribution in [3.05, 3.63) is 22.7 Å². The van der Waals surface area contributed by atoms with Crippen molar-refractivity contribution in [1.82, 2.24) is 0 Å². The Morgan fingerprint density at radius 1 is 1.40 bits per heavy atom. The van der Waals surface area contributed by atoms with Gasteiger partial charge >= 0.3 is 0 Å². The molecule has 1 aromatic carbocycles. The number of aliphatic hydroxyl groups is 1. The SMILES string of the molecule is C[C@H](O)[C@H](N)c1cc2c(cc1Cl)OCO2. The van der Waals surface area contributed by atoms with Crippen LogP contribution in [0.15, 0.2) is 12.1 Å². The lowest BCUT2D eigenvalue weighted by atomic mass is 10.0. The quantitative estimate of drug-likeness (QED) is 0.806. The molecule has 0 fully saturated rings. The third kappa shape index (κ3) is 1.88. The van der Waals surface area contributed by atoms with Gasteiger partial charge in [-0.2, -0.15) is 0 Å². The van der Waals surface area contributed by atoms with Crippen molar-refractivity contribution in [3.8, 4) is 11.5 Å².